The van der Waals surface area contributed by atoms with Crippen LogP contribution in [0.5, 0.6) is 0 Å². The van der Waals surface area contributed by atoms with Crippen molar-refractivity contribution in [1.29, 1.82) is 0 Å². The number of carboxylic acid groups (broad SMARTS) is 1. The van der Waals surface area contributed by atoms with E-state index in [0.717, 1.165) is 12.8 Å². The minimum atomic E-state index is -0.788. The number of carbonyl (C=O) groups excluding carboxylic acids is 1. The predicted molar refractivity (Wildman–Crippen MR) is 60.2 cm³/mol. The Kier molecular flexibility index (Phi) is 4.58. The van der Waals surface area contributed by atoms with Crippen LogP contribution in [0.25, 0.3) is 0 Å². The van der Waals surface area contributed by atoms with Gasteiger partial charge in [-0.15, -0.1) is 0 Å². The maximum absolute atomic E-state index is 11.6. The molecule has 0 bridgehead atoms. The Bertz CT molecular complexity index is 262. The third kappa shape index (κ3) is 3.72. The minimum absolute atomic E-state index is 0.0670. The molecule has 0 saturated carbocycles. The van der Waals surface area contributed by atoms with Gasteiger partial charge in [0.1, 0.15) is 0 Å². The van der Waals surface area contributed by atoms with E-state index >= 15 is 0 Å². The Hall–Kier alpha value is -1.26. The highest BCUT2D eigenvalue weighted by atomic mass is 16.4. The summed E-state index contributed by atoms with van der Waals surface area (Å²) in [5.41, 5.74) is 0. The molecule has 2 N–H and O–H groups in total. The fourth-order valence-electron chi connectivity index (χ4n) is 1.92. The van der Waals surface area contributed by atoms with Crippen LogP contribution in [0.2, 0.25) is 0 Å². The molecule has 1 unspecified atom stereocenters. The van der Waals surface area contributed by atoms with Crippen molar-refractivity contribution >= 4 is 12.0 Å². The molecule has 1 aliphatic rings. The Labute approximate surface area is 95.8 Å². The molecular formula is C11H20N2O3. The number of aliphatic carboxylic acids is 1. The highest BCUT2D eigenvalue weighted by Crippen LogP contribution is 2.18. The smallest absolute Gasteiger partial charge is 0.317 e. The minimum Gasteiger partial charge on any atom is -0.481 e. The monoisotopic (exact) mass is 228 g/mol. The average molecular weight is 228 g/mol. The second kappa shape index (κ2) is 5.72. The van der Waals surface area contributed by atoms with E-state index < -0.39 is 5.97 Å². The van der Waals surface area contributed by atoms with E-state index in [1.807, 2.05) is 6.92 Å². The fourth-order valence-corrected chi connectivity index (χ4v) is 1.92. The molecule has 0 aliphatic carbocycles. The molecule has 0 aromatic heterocycles. The van der Waals surface area contributed by atoms with Gasteiger partial charge in [-0.25, -0.2) is 4.79 Å². The van der Waals surface area contributed by atoms with Crippen molar-refractivity contribution in [3.05, 3.63) is 0 Å². The van der Waals surface area contributed by atoms with Crippen molar-refractivity contribution in [2.24, 2.45) is 5.92 Å². The Balaban J connectivity index is 2.19. The van der Waals surface area contributed by atoms with Crippen LogP contribution in [0.4, 0.5) is 4.79 Å². The average Bonchev–Trinajstić information content (AvgIpc) is 2.10. The van der Waals surface area contributed by atoms with Crippen LogP contribution in [0.3, 0.4) is 0 Å². The van der Waals surface area contributed by atoms with Crippen LogP contribution in [0, 0.1) is 5.92 Å². The normalized spacial score (nSPS) is 17.8. The van der Waals surface area contributed by atoms with Gasteiger partial charge in [-0.3, -0.25) is 4.79 Å². The maximum atomic E-state index is 11.6. The fraction of sp³-hybridized carbons (Fsp3) is 0.818. The lowest BCUT2D eigenvalue weighted by Crippen LogP contribution is -2.55. The van der Waals surface area contributed by atoms with E-state index in [-0.39, 0.29) is 24.4 Å². The zero-order valence-corrected chi connectivity index (χ0v) is 9.90. The largest absolute Gasteiger partial charge is 0.481 e. The van der Waals surface area contributed by atoms with E-state index in [4.69, 9.17) is 5.11 Å². The molecule has 1 heterocycles. The summed E-state index contributed by atoms with van der Waals surface area (Å²) < 4.78 is 0. The zero-order valence-electron chi connectivity index (χ0n) is 9.90. The van der Waals surface area contributed by atoms with Crippen LogP contribution >= 0.6 is 0 Å². The summed E-state index contributed by atoms with van der Waals surface area (Å²) in [6.07, 6.45) is 2.18. The molecule has 0 aromatic rings. The van der Waals surface area contributed by atoms with Crippen molar-refractivity contribution in [2.45, 2.75) is 39.2 Å². The first-order valence-electron chi connectivity index (χ1n) is 5.80. The molecule has 1 rings (SSSR count). The van der Waals surface area contributed by atoms with Crippen LogP contribution in [-0.4, -0.2) is 41.1 Å². The van der Waals surface area contributed by atoms with Gasteiger partial charge < -0.3 is 15.3 Å². The van der Waals surface area contributed by atoms with Gasteiger partial charge >= 0.3 is 12.0 Å². The summed E-state index contributed by atoms with van der Waals surface area (Å²) in [7, 11) is 0. The van der Waals surface area contributed by atoms with Gasteiger partial charge in [-0.2, -0.15) is 0 Å². The first-order valence-corrected chi connectivity index (χ1v) is 5.80. The van der Waals surface area contributed by atoms with E-state index in [1.165, 1.54) is 0 Å². The summed E-state index contributed by atoms with van der Waals surface area (Å²) >= 11 is 0. The Morgan fingerprint density at radius 2 is 2.12 bits per heavy atom. The van der Waals surface area contributed by atoms with Crippen molar-refractivity contribution in [3.8, 4) is 0 Å². The molecule has 92 valence electrons. The second-order valence-corrected chi connectivity index (χ2v) is 4.51. The van der Waals surface area contributed by atoms with Crippen molar-refractivity contribution in [1.82, 2.24) is 10.2 Å². The number of likely N-dealkylation sites (tertiary alicyclic amines) is 1. The molecule has 0 aromatic carbocycles. The second-order valence-electron chi connectivity index (χ2n) is 4.51. The third-order valence-electron chi connectivity index (χ3n) is 2.80. The molecule has 1 atom stereocenters. The van der Waals surface area contributed by atoms with E-state index in [1.54, 1.807) is 4.90 Å². The molecule has 0 spiro atoms. The van der Waals surface area contributed by atoms with Crippen molar-refractivity contribution in [3.63, 3.8) is 0 Å². The predicted octanol–water partition coefficient (Wildman–Crippen LogP) is 1.29. The molecule has 16 heavy (non-hydrogen) atoms. The lowest BCUT2D eigenvalue weighted by Gasteiger charge is -2.39. The molecule has 1 saturated heterocycles. The Morgan fingerprint density at radius 1 is 1.50 bits per heavy atom. The van der Waals surface area contributed by atoms with Crippen LogP contribution in [-0.2, 0) is 4.79 Å². The van der Waals surface area contributed by atoms with E-state index in [9.17, 15) is 9.59 Å². The zero-order chi connectivity index (χ0) is 12.1. The van der Waals surface area contributed by atoms with Crippen LogP contribution in [0.15, 0.2) is 0 Å². The molecule has 1 fully saturated rings. The summed E-state index contributed by atoms with van der Waals surface area (Å²) in [6.45, 7) is 5.19. The number of nitrogens with one attached hydrogen (secondary N) is 1. The van der Waals surface area contributed by atoms with Gasteiger partial charge in [0.25, 0.3) is 0 Å². The van der Waals surface area contributed by atoms with Gasteiger partial charge in [0.2, 0.25) is 0 Å². The van der Waals surface area contributed by atoms with Gasteiger partial charge in [0.15, 0.2) is 0 Å². The molecule has 0 radical (unpaired) electrons. The van der Waals surface area contributed by atoms with Gasteiger partial charge in [-0.05, 0) is 13.3 Å². The number of urea groups is 1. The quantitative estimate of drug-likeness (QED) is 0.745. The Morgan fingerprint density at radius 3 is 2.62 bits per heavy atom. The summed E-state index contributed by atoms with van der Waals surface area (Å²) in [5.74, 6) is -0.658. The molecular weight excluding hydrogens is 208 g/mol. The molecule has 1 aliphatic heterocycles. The lowest BCUT2D eigenvalue weighted by atomic mass is 9.97. The molecule has 5 nitrogen and oxygen atoms in total. The van der Waals surface area contributed by atoms with Crippen LogP contribution in [0.1, 0.15) is 33.1 Å². The SMILES string of the molecule is CCCC(C)NC(=O)N1CC(CC(=O)O)C1. The first-order chi connectivity index (χ1) is 7.52. The highest BCUT2D eigenvalue weighted by Gasteiger charge is 2.32. The third-order valence-corrected chi connectivity index (χ3v) is 2.80. The molecule has 5 heteroatoms. The topological polar surface area (TPSA) is 69.6 Å². The van der Waals surface area contributed by atoms with Crippen molar-refractivity contribution in [2.75, 3.05) is 13.1 Å². The van der Waals surface area contributed by atoms with Gasteiger partial charge in [-0.1, -0.05) is 13.3 Å². The number of rotatable bonds is 5. The number of hydrogen-bond donors (Lipinski definition) is 2. The number of carbonyl (C=O) groups is 2. The maximum Gasteiger partial charge on any atom is 0.317 e. The van der Waals surface area contributed by atoms with Gasteiger partial charge in [0, 0.05) is 25.0 Å². The van der Waals surface area contributed by atoms with Crippen LogP contribution < -0.4 is 5.32 Å². The number of hydrogen-bond acceptors (Lipinski definition) is 2. The summed E-state index contributed by atoms with van der Waals surface area (Å²) in [6, 6.07) is 0.124. The van der Waals surface area contributed by atoms with Crippen molar-refractivity contribution < 1.29 is 14.7 Å². The number of carboxylic acids is 1. The summed E-state index contributed by atoms with van der Waals surface area (Å²) in [4.78, 5) is 23.7. The number of nitrogens with zero attached hydrogens (tertiary/aromatic N) is 1. The standard InChI is InChI=1S/C11H20N2O3/c1-3-4-8(2)12-11(16)13-6-9(7-13)5-10(14)15/h8-9H,3-7H2,1-2H3,(H,12,16)(H,14,15). The van der Waals surface area contributed by atoms with E-state index in [2.05, 4.69) is 12.2 Å². The van der Waals surface area contributed by atoms with E-state index in [0.29, 0.717) is 13.1 Å². The number of amides is 2. The van der Waals surface area contributed by atoms with Gasteiger partial charge in [0.05, 0.1) is 6.42 Å². The molecule has 2 amide bonds. The summed E-state index contributed by atoms with van der Waals surface area (Å²) in [5, 5.41) is 11.5. The first kappa shape index (κ1) is 12.8. The highest BCUT2D eigenvalue weighted by molar-refractivity contribution is 5.76. The lowest BCUT2D eigenvalue weighted by molar-refractivity contribution is -0.139.